The Balaban J connectivity index is 2.04. The highest BCUT2D eigenvalue weighted by molar-refractivity contribution is 6.35. The van der Waals surface area contributed by atoms with E-state index in [-0.39, 0.29) is 22.2 Å². The average molecular weight is 295 g/mol. The number of rotatable bonds is 4. The minimum Gasteiger partial charge on any atom is -0.352 e. The number of allylic oxidation sites excluding steroid dienone is 2. The van der Waals surface area contributed by atoms with E-state index in [9.17, 15) is 14.9 Å². The molecule has 0 radical (unpaired) electrons. The van der Waals surface area contributed by atoms with Crippen molar-refractivity contribution in [1.29, 1.82) is 0 Å². The number of nitro groups is 1. The molecule has 1 aliphatic rings. The van der Waals surface area contributed by atoms with Crippen molar-refractivity contribution in [2.45, 2.75) is 19.3 Å². The Labute approximate surface area is 121 Å². The molecule has 1 unspecified atom stereocenters. The van der Waals surface area contributed by atoms with Gasteiger partial charge in [0.2, 0.25) is 0 Å². The summed E-state index contributed by atoms with van der Waals surface area (Å²) in [6.45, 7) is 0.558. The number of nitrogens with one attached hydrogen (secondary N) is 1. The van der Waals surface area contributed by atoms with Crippen molar-refractivity contribution in [2.24, 2.45) is 5.92 Å². The van der Waals surface area contributed by atoms with Crippen LogP contribution in [-0.2, 0) is 0 Å². The van der Waals surface area contributed by atoms with E-state index in [2.05, 4.69) is 17.5 Å². The predicted octanol–water partition coefficient (Wildman–Crippen LogP) is 3.33. The first kappa shape index (κ1) is 14.5. The van der Waals surface area contributed by atoms with Gasteiger partial charge in [-0.2, -0.15) is 0 Å². The number of carbonyl (C=O) groups excluding carboxylic acids is 1. The molecule has 1 N–H and O–H groups in total. The van der Waals surface area contributed by atoms with Crippen molar-refractivity contribution >= 4 is 23.2 Å². The number of hydrogen-bond donors (Lipinski definition) is 1. The molecule has 0 bridgehead atoms. The van der Waals surface area contributed by atoms with Crippen molar-refractivity contribution in [1.82, 2.24) is 5.32 Å². The summed E-state index contributed by atoms with van der Waals surface area (Å²) < 4.78 is 0. The molecule has 20 heavy (non-hydrogen) atoms. The second-order valence-corrected chi connectivity index (χ2v) is 5.13. The van der Waals surface area contributed by atoms with E-state index >= 15 is 0 Å². The Bertz CT molecular complexity index is 557. The Morgan fingerprint density at radius 3 is 2.90 bits per heavy atom. The molecule has 1 aromatic carbocycles. The maximum atomic E-state index is 12.0. The van der Waals surface area contributed by atoms with E-state index in [1.807, 2.05) is 0 Å². The molecule has 106 valence electrons. The molecule has 1 aliphatic carbocycles. The number of benzene rings is 1. The van der Waals surface area contributed by atoms with Gasteiger partial charge in [0, 0.05) is 12.6 Å². The second kappa shape index (κ2) is 6.52. The van der Waals surface area contributed by atoms with E-state index in [0.717, 1.165) is 19.3 Å². The molecule has 0 fully saturated rings. The minimum absolute atomic E-state index is 0.112. The summed E-state index contributed by atoms with van der Waals surface area (Å²) in [6.07, 6.45) is 7.26. The molecule has 5 nitrogen and oxygen atoms in total. The lowest BCUT2D eigenvalue weighted by Crippen LogP contribution is -2.30. The van der Waals surface area contributed by atoms with Gasteiger partial charge in [-0.3, -0.25) is 14.9 Å². The molecule has 1 atom stereocenters. The first-order chi connectivity index (χ1) is 9.59. The van der Waals surface area contributed by atoms with Crippen molar-refractivity contribution < 1.29 is 9.72 Å². The van der Waals surface area contributed by atoms with Crippen LogP contribution in [0.25, 0.3) is 0 Å². The van der Waals surface area contributed by atoms with E-state index < -0.39 is 4.92 Å². The first-order valence-electron chi connectivity index (χ1n) is 6.45. The molecule has 0 heterocycles. The fraction of sp³-hybridized carbons (Fsp3) is 0.357. The van der Waals surface area contributed by atoms with Crippen LogP contribution in [0.15, 0.2) is 30.4 Å². The number of nitro benzene ring substituents is 1. The first-order valence-corrected chi connectivity index (χ1v) is 6.83. The van der Waals surface area contributed by atoms with Gasteiger partial charge in [-0.15, -0.1) is 0 Å². The Hall–Kier alpha value is -1.88. The van der Waals surface area contributed by atoms with E-state index in [0.29, 0.717) is 12.5 Å². The van der Waals surface area contributed by atoms with Gasteiger partial charge in [0.15, 0.2) is 0 Å². The standard InChI is InChI=1S/C14H15ClN2O3/c15-13-11(7-4-8-12(13)17(19)20)14(18)16-9-10-5-2-1-3-6-10/h1-2,4,7-8,10H,3,5-6,9H2,(H,16,18). The maximum absolute atomic E-state index is 12.0. The van der Waals surface area contributed by atoms with Crippen LogP contribution in [0.2, 0.25) is 5.02 Å². The van der Waals surface area contributed by atoms with Gasteiger partial charge in [-0.25, -0.2) is 0 Å². The van der Waals surface area contributed by atoms with Gasteiger partial charge < -0.3 is 5.32 Å². The third-order valence-corrected chi connectivity index (χ3v) is 3.75. The van der Waals surface area contributed by atoms with Crippen LogP contribution in [0.5, 0.6) is 0 Å². The fourth-order valence-corrected chi connectivity index (χ4v) is 2.49. The average Bonchev–Trinajstić information content (AvgIpc) is 2.46. The normalized spacial score (nSPS) is 17.8. The summed E-state index contributed by atoms with van der Waals surface area (Å²) in [5, 5.41) is 13.5. The van der Waals surface area contributed by atoms with Crippen LogP contribution in [0.3, 0.4) is 0 Å². The van der Waals surface area contributed by atoms with Gasteiger partial charge in [0.05, 0.1) is 10.5 Å². The maximum Gasteiger partial charge on any atom is 0.288 e. The van der Waals surface area contributed by atoms with Gasteiger partial charge in [-0.05, 0) is 31.2 Å². The zero-order chi connectivity index (χ0) is 14.5. The number of hydrogen-bond acceptors (Lipinski definition) is 3. The predicted molar refractivity (Wildman–Crippen MR) is 76.9 cm³/mol. The third kappa shape index (κ3) is 3.36. The molecule has 1 aromatic rings. The number of carbonyl (C=O) groups is 1. The van der Waals surface area contributed by atoms with Crippen molar-refractivity contribution in [3.05, 3.63) is 51.1 Å². The molecule has 0 saturated carbocycles. The Morgan fingerprint density at radius 2 is 2.25 bits per heavy atom. The monoisotopic (exact) mass is 294 g/mol. The molecule has 1 amide bonds. The number of nitrogens with zero attached hydrogens (tertiary/aromatic N) is 1. The van der Waals surface area contributed by atoms with E-state index in [4.69, 9.17) is 11.6 Å². The number of amides is 1. The van der Waals surface area contributed by atoms with Crippen LogP contribution in [-0.4, -0.2) is 17.4 Å². The van der Waals surface area contributed by atoms with Crippen LogP contribution in [0.1, 0.15) is 29.6 Å². The Morgan fingerprint density at radius 1 is 1.45 bits per heavy atom. The summed E-state index contributed by atoms with van der Waals surface area (Å²) in [6, 6.07) is 4.23. The largest absolute Gasteiger partial charge is 0.352 e. The zero-order valence-electron chi connectivity index (χ0n) is 10.8. The minimum atomic E-state index is -0.592. The SMILES string of the molecule is O=C(NCC1CC=CCC1)c1cccc([N+](=O)[O-])c1Cl. The molecule has 2 rings (SSSR count). The lowest BCUT2D eigenvalue weighted by atomic mass is 9.94. The topological polar surface area (TPSA) is 72.2 Å². The Kier molecular flexibility index (Phi) is 4.74. The smallest absolute Gasteiger partial charge is 0.288 e. The second-order valence-electron chi connectivity index (χ2n) is 4.76. The highest BCUT2D eigenvalue weighted by atomic mass is 35.5. The molecular weight excluding hydrogens is 280 g/mol. The summed E-state index contributed by atoms with van der Waals surface area (Å²) >= 11 is 5.91. The summed E-state index contributed by atoms with van der Waals surface area (Å²) in [7, 11) is 0. The van der Waals surface area contributed by atoms with Crippen LogP contribution >= 0.6 is 11.6 Å². The van der Waals surface area contributed by atoms with E-state index in [1.165, 1.54) is 18.2 Å². The summed E-state index contributed by atoms with van der Waals surface area (Å²) in [5.74, 6) is 0.0506. The van der Waals surface area contributed by atoms with Crippen LogP contribution in [0.4, 0.5) is 5.69 Å². The van der Waals surface area contributed by atoms with Crippen molar-refractivity contribution in [3.8, 4) is 0 Å². The van der Waals surface area contributed by atoms with Crippen molar-refractivity contribution in [2.75, 3.05) is 6.54 Å². The van der Waals surface area contributed by atoms with Gasteiger partial charge in [0.1, 0.15) is 5.02 Å². The lowest BCUT2D eigenvalue weighted by Gasteiger charge is -2.18. The summed E-state index contributed by atoms with van der Waals surface area (Å²) in [4.78, 5) is 22.2. The lowest BCUT2D eigenvalue weighted by molar-refractivity contribution is -0.384. The van der Waals surface area contributed by atoms with Crippen LogP contribution in [0, 0.1) is 16.0 Å². The fourth-order valence-electron chi connectivity index (χ4n) is 2.21. The molecule has 0 spiro atoms. The third-order valence-electron chi connectivity index (χ3n) is 3.35. The molecule has 6 heteroatoms. The van der Waals surface area contributed by atoms with Gasteiger partial charge in [0.25, 0.3) is 11.6 Å². The highest BCUT2D eigenvalue weighted by Crippen LogP contribution is 2.27. The number of halogens is 1. The van der Waals surface area contributed by atoms with E-state index in [1.54, 1.807) is 0 Å². The molecule has 0 aliphatic heterocycles. The highest BCUT2D eigenvalue weighted by Gasteiger charge is 2.20. The zero-order valence-corrected chi connectivity index (χ0v) is 11.6. The quantitative estimate of drug-likeness (QED) is 0.526. The molecule has 0 saturated heterocycles. The van der Waals surface area contributed by atoms with Crippen LogP contribution < -0.4 is 5.32 Å². The molecular formula is C14H15ClN2O3. The summed E-state index contributed by atoms with van der Waals surface area (Å²) in [5.41, 5.74) is -0.105. The van der Waals surface area contributed by atoms with Crippen molar-refractivity contribution in [3.63, 3.8) is 0 Å². The molecule has 0 aromatic heterocycles. The van der Waals surface area contributed by atoms with Gasteiger partial charge >= 0.3 is 0 Å². The van der Waals surface area contributed by atoms with Gasteiger partial charge in [-0.1, -0.05) is 29.8 Å².